The van der Waals surface area contributed by atoms with Crippen molar-refractivity contribution in [2.75, 3.05) is 18.4 Å². The number of rotatable bonds is 17. The van der Waals surface area contributed by atoms with E-state index in [-0.39, 0.29) is 30.5 Å². The zero-order valence-electron chi connectivity index (χ0n) is 31.2. The number of carbonyl (C=O) groups excluding carboxylic acids is 8. The average Bonchev–Trinajstić information content (AvgIpc) is 3.62. The molecule has 0 radical (unpaired) electrons. The fourth-order valence-electron chi connectivity index (χ4n) is 6.17. The molecule has 1 saturated heterocycles. The van der Waals surface area contributed by atoms with Crippen molar-refractivity contribution < 1.29 is 48.3 Å². The number of Topliss-reactive ketones (excluding diaryl/α,β-unsaturated/α-hetero) is 1. The first-order chi connectivity index (χ1) is 27.2. The first kappa shape index (κ1) is 42.6. The molecule has 300 valence electrons. The summed E-state index contributed by atoms with van der Waals surface area (Å²) in [6.45, 7) is 2.16. The Labute approximate surface area is 327 Å². The molecule has 18 nitrogen and oxygen atoms in total. The number of nitrogens with two attached hydrogens (primary N) is 1. The number of likely N-dealkylation sites (tertiary alicyclic amines) is 1. The molecule has 0 spiro atoms. The summed E-state index contributed by atoms with van der Waals surface area (Å²) in [5, 5.41) is 24.5. The normalized spacial score (nSPS) is 16.1. The number of carboxylic acid groups (broad SMARTS) is 1. The Morgan fingerprint density at radius 1 is 0.825 bits per heavy atom. The number of nitrogens with one attached hydrogen (secondary N) is 6. The Balaban J connectivity index is 1.46. The van der Waals surface area contributed by atoms with Crippen LogP contribution in [0.4, 0.5) is 10.5 Å². The predicted octanol–water partition coefficient (Wildman–Crippen LogP) is 0.607. The SMILES string of the molecule is CCCC(NC(=O)C1C[C@@H](NC(=O)Nc2ccccc2)CN1C(=O)[C@H](C)NC(=O)c1ccccc1C(=O)O)C(=O)C(=O)NCC(=O)N[C@H](C(N)=O)c1ccccc1. The third kappa shape index (κ3) is 11.7. The fourth-order valence-corrected chi connectivity index (χ4v) is 6.17. The van der Waals surface area contributed by atoms with E-state index in [4.69, 9.17) is 5.73 Å². The van der Waals surface area contributed by atoms with Crippen molar-refractivity contribution in [2.45, 2.75) is 63.3 Å². The van der Waals surface area contributed by atoms with Gasteiger partial charge in [0.15, 0.2) is 0 Å². The van der Waals surface area contributed by atoms with Gasteiger partial charge in [-0.2, -0.15) is 0 Å². The Morgan fingerprint density at radius 3 is 2.05 bits per heavy atom. The van der Waals surface area contributed by atoms with Gasteiger partial charge in [0, 0.05) is 12.2 Å². The van der Waals surface area contributed by atoms with Gasteiger partial charge in [-0.05, 0) is 49.6 Å². The molecule has 0 aliphatic carbocycles. The van der Waals surface area contributed by atoms with Crippen LogP contribution in [0.25, 0.3) is 0 Å². The lowest BCUT2D eigenvalue weighted by atomic mass is 10.0. The zero-order valence-corrected chi connectivity index (χ0v) is 31.2. The second kappa shape index (κ2) is 20.0. The number of nitrogens with zero attached hydrogens (tertiary/aromatic N) is 1. The second-order valence-electron chi connectivity index (χ2n) is 13.2. The molecule has 8 amide bonds. The first-order valence-corrected chi connectivity index (χ1v) is 18.0. The van der Waals surface area contributed by atoms with Gasteiger partial charge >= 0.3 is 12.0 Å². The monoisotopic (exact) mass is 784 g/mol. The molecule has 57 heavy (non-hydrogen) atoms. The molecular formula is C39H44N8O10. The van der Waals surface area contributed by atoms with Crippen LogP contribution in [0.5, 0.6) is 0 Å². The Hall–Kier alpha value is -7.11. The van der Waals surface area contributed by atoms with E-state index in [9.17, 15) is 48.3 Å². The van der Waals surface area contributed by atoms with Gasteiger partial charge < -0.3 is 47.6 Å². The molecule has 5 atom stereocenters. The molecule has 0 bridgehead atoms. The lowest BCUT2D eigenvalue weighted by Crippen LogP contribution is -2.56. The summed E-state index contributed by atoms with van der Waals surface area (Å²) in [6, 6.07) is 15.5. The van der Waals surface area contributed by atoms with Crippen LogP contribution in [0, 0.1) is 0 Å². The number of para-hydroxylation sites is 1. The Morgan fingerprint density at radius 2 is 1.44 bits per heavy atom. The molecule has 2 unspecified atom stereocenters. The molecule has 18 heteroatoms. The number of benzene rings is 3. The van der Waals surface area contributed by atoms with E-state index in [2.05, 4.69) is 31.9 Å². The molecule has 0 aromatic heterocycles. The van der Waals surface area contributed by atoms with E-state index in [1.54, 1.807) is 67.6 Å². The maximum absolute atomic E-state index is 13.9. The van der Waals surface area contributed by atoms with Gasteiger partial charge in [0.25, 0.3) is 11.8 Å². The number of hydrogen-bond donors (Lipinski definition) is 8. The summed E-state index contributed by atoms with van der Waals surface area (Å²) >= 11 is 0. The molecule has 4 rings (SSSR count). The number of carboxylic acids is 1. The second-order valence-corrected chi connectivity index (χ2v) is 13.2. The summed E-state index contributed by atoms with van der Waals surface area (Å²) in [5.41, 5.74) is 5.84. The molecule has 1 aliphatic rings. The van der Waals surface area contributed by atoms with E-state index >= 15 is 0 Å². The van der Waals surface area contributed by atoms with Gasteiger partial charge in [0.2, 0.25) is 29.4 Å². The number of aromatic carboxylic acids is 1. The maximum atomic E-state index is 13.9. The molecule has 1 aliphatic heterocycles. The van der Waals surface area contributed by atoms with Crippen molar-refractivity contribution in [3.05, 3.63) is 102 Å². The van der Waals surface area contributed by atoms with E-state index in [1.807, 2.05) is 0 Å². The molecule has 3 aromatic carbocycles. The smallest absolute Gasteiger partial charge is 0.336 e. The van der Waals surface area contributed by atoms with Gasteiger partial charge in [-0.25, -0.2) is 9.59 Å². The van der Waals surface area contributed by atoms with Crippen LogP contribution >= 0.6 is 0 Å². The van der Waals surface area contributed by atoms with Crippen LogP contribution < -0.4 is 37.6 Å². The summed E-state index contributed by atoms with van der Waals surface area (Å²) in [7, 11) is 0. The quantitative estimate of drug-likeness (QED) is 0.0884. The topological polar surface area (TPSA) is 275 Å². The number of primary amides is 1. The largest absolute Gasteiger partial charge is 0.478 e. The van der Waals surface area contributed by atoms with Crippen molar-refractivity contribution in [2.24, 2.45) is 5.73 Å². The van der Waals surface area contributed by atoms with Crippen molar-refractivity contribution in [1.29, 1.82) is 0 Å². The summed E-state index contributed by atoms with van der Waals surface area (Å²) in [6.07, 6.45) is 0.212. The highest BCUT2D eigenvalue weighted by atomic mass is 16.4. The number of anilines is 1. The van der Waals surface area contributed by atoms with Crippen LogP contribution in [-0.2, 0) is 28.8 Å². The van der Waals surface area contributed by atoms with Crippen LogP contribution in [-0.4, -0.2) is 100 Å². The third-order valence-electron chi connectivity index (χ3n) is 8.94. The third-order valence-corrected chi connectivity index (χ3v) is 8.94. The summed E-state index contributed by atoms with van der Waals surface area (Å²) < 4.78 is 0. The lowest BCUT2D eigenvalue weighted by Gasteiger charge is -2.28. The van der Waals surface area contributed by atoms with E-state index < -0.39 is 90.0 Å². The molecule has 3 aromatic rings. The van der Waals surface area contributed by atoms with Crippen molar-refractivity contribution in [1.82, 2.24) is 31.5 Å². The molecule has 9 N–H and O–H groups in total. The average molecular weight is 785 g/mol. The first-order valence-electron chi connectivity index (χ1n) is 18.0. The standard InChI is InChI=1S/C39H44N8O10/c1-3-12-28(32(49)36(53)41-20-30(48)46-31(33(40)50)23-13-6-4-7-14-23)45-35(52)29-19-25(44-39(57)43-24-15-8-5-9-16-24)21-47(29)37(54)22(2)42-34(51)26-17-10-11-18-27(26)38(55)56/h4-11,13-18,22,25,28-29,31H,3,12,19-21H2,1-2H3,(H2,40,50)(H,41,53)(H,42,51)(H,45,52)(H,46,48)(H,55,56)(H2,43,44,57)/t22-,25+,28?,29?,31-/m0/s1. The van der Waals surface area contributed by atoms with Gasteiger partial charge in [0.1, 0.15) is 18.1 Å². The minimum atomic E-state index is -1.39. The summed E-state index contributed by atoms with van der Waals surface area (Å²) in [5.74, 6) is -7.76. The Bertz CT molecular complexity index is 1990. The highest BCUT2D eigenvalue weighted by molar-refractivity contribution is 6.38. The van der Waals surface area contributed by atoms with Gasteiger partial charge in [-0.1, -0.05) is 74.0 Å². The number of hydrogen-bond acceptors (Lipinski definition) is 9. The van der Waals surface area contributed by atoms with Crippen LogP contribution in [0.2, 0.25) is 0 Å². The summed E-state index contributed by atoms with van der Waals surface area (Å²) in [4.78, 5) is 117. The van der Waals surface area contributed by atoms with Crippen molar-refractivity contribution in [3.63, 3.8) is 0 Å². The molecular weight excluding hydrogens is 740 g/mol. The van der Waals surface area contributed by atoms with Crippen molar-refractivity contribution in [3.8, 4) is 0 Å². The molecule has 1 fully saturated rings. The van der Waals surface area contributed by atoms with Gasteiger partial charge in [0.05, 0.1) is 29.8 Å². The van der Waals surface area contributed by atoms with Gasteiger partial charge in [-0.3, -0.25) is 33.6 Å². The lowest BCUT2D eigenvalue weighted by molar-refractivity contribution is -0.143. The van der Waals surface area contributed by atoms with E-state index in [0.717, 1.165) is 4.90 Å². The predicted molar refractivity (Wildman–Crippen MR) is 204 cm³/mol. The Kier molecular flexibility index (Phi) is 15.0. The van der Waals surface area contributed by atoms with Crippen LogP contribution in [0.1, 0.15) is 65.4 Å². The number of amides is 8. The number of carbonyl (C=O) groups is 9. The molecule has 1 heterocycles. The number of urea groups is 1. The fraction of sp³-hybridized carbons (Fsp3) is 0.308. The van der Waals surface area contributed by atoms with E-state index in [1.165, 1.54) is 31.2 Å². The van der Waals surface area contributed by atoms with Crippen molar-refractivity contribution >= 4 is 58.9 Å². The van der Waals surface area contributed by atoms with Crippen LogP contribution in [0.3, 0.4) is 0 Å². The zero-order chi connectivity index (χ0) is 41.6. The minimum absolute atomic E-state index is 0.000774. The molecule has 0 saturated carbocycles. The van der Waals surface area contributed by atoms with Gasteiger partial charge in [-0.15, -0.1) is 0 Å². The maximum Gasteiger partial charge on any atom is 0.336 e. The highest BCUT2D eigenvalue weighted by Gasteiger charge is 2.43. The number of ketones is 1. The minimum Gasteiger partial charge on any atom is -0.478 e. The van der Waals surface area contributed by atoms with E-state index in [0.29, 0.717) is 17.7 Å². The highest BCUT2D eigenvalue weighted by Crippen LogP contribution is 2.21. The van der Waals surface area contributed by atoms with Crippen LogP contribution in [0.15, 0.2) is 84.9 Å².